The first kappa shape index (κ1) is 21.7. The van der Waals surface area contributed by atoms with Gasteiger partial charge in [-0.2, -0.15) is 0 Å². The van der Waals surface area contributed by atoms with Crippen molar-refractivity contribution in [1.29, 1.82) is 0 Å². The molecule has 2 rings (SSSR count). The summed E-state index contributed by atoms with van der Waals surface area (Å²) in [5.74, 6) is 2.53. The van der Waals surface area contributed by atoms with Gasteiger partial charge in [0.05, 0.1) is 6.61 Å². The molecule has 3 atom stereocenters. The van der Waals surface area contributed by atoms with E-state index in [-0.39, 0.29) is 0 Å². The monoisotopic (exact) mass is 393 g/mol. The van der Waals surface area contributed by atoms with Crippen LogP contribution in [0.4, 0.5) is 0 Å². The fourth-order valence-corrected chi connectivity index (χ4v) is 4.82. The Bertz CT molecular complexity index is 621. The van der Waals surface area contributed by atoms with Crippen LogP contribution in [0.25, 0.3) is 0 Å². The van der Waals surface area contributed by atoms with Gasteiger partial charge in [0.1, 0.15) is 5.75 Å². The van der Waals surface area contributed by atoms with Gasteiger partial charge in [0.2, 0.25) is 0 Å². The number of rotatable bonds is 9. The minimum Gasteiger partial charge on any atom is -0.494 e. The Kier molecular flexibility index (Phi) is 9.67. The van der Waals surface area contributed by atoms with Gasteiger partial charge in [-0.25, -0.2) is 0 Å². The average molecular weight is 394 g/mol. The van der Waals surface area contributed by atoms with E-state index in [0.29, 0.717) is 11.3 Å². The number of ether oxygens (including phenoxy) is 1. The summed E-state index contributed by atoms with van der Waals surface area (Å²) < 4.78 is 17.8. The van der Waals surface area contributed by atoms with Crippen molar-refractivity contribution in [3.8, 4) is 5.75 Å². The van der Waals surface area contributed by atoms with Crippen LogP contribution in [0.2, 0.25) is 0 Å². The molecule has 152 valence electrons. The standard InChI is InChI=1S/C21H35N3O2S/c1-4-14-26-19-10-6-8-17(15-19)12-13-23-21(22-3)24-18-9-7-11-20(16-18)27(25)5-2/h6,8,10,15,18,20H,4-5,7,9,11-14,16H2,1-3H3,(H2,22,23,24). The van der Waals surface area contributed by atoms with E-state index >= 15 is 0 Å². The SMILES string of the molecule is CCCOc1cccc(CCNC(=NC)NC2CCCC(S(=O)CC)C2)c1. The Balaban J connectivity index is 1.78. The summed E-state index contributed by atoms with van der Waals surface area (Å²) in [6.07, 6.45) is 6.24. The maximum atomic E-state index is 12.1. The highest BCUT2D eigenvalue weighted by Crippen LogP contribution is 2.23. The predicted octanol–water partition coefficient (Wildman–Crippen LogP) is 3.26. The molecule has 1 fully saturated rings. The van der Waals surface area contributed by atoms with Crippen LogP contribution in [-0.4, -0.2) is 47.4 Å². The highest BCUT2D eigenvalue weighted by Gasteiger charge is 2.25. The lowest BCUT2D eigenvalue weighted by molar-refractivity contribution is 0.317. The molecule has 1 aromatic carbocycles. The van der Waals surface area contributed by atoms with Crippen LogP contribution in [0.15, 0.2) is 29.3 Å². The molecule has 6 heteroatoms. The van der Waals surface area contributed by atoms with Crippen molar-refractivity contribution in [1.82, 2.24) is 10.6 Å². The summed E-state index contributed by atoms with van der Waals surface area (Å²) in [5, 5.41) is 7.25. The largest absolute Gasteiger partial charge is 0.494 e. The highest BCUT2D eigenvalue weighted by molar-refractivity contribution is 7.85. The fraction of sp³-hybridized carbons (Fsp3) is 0.667. The number of aliphatic imine (C=N–C) groups is 1. The summed E-state index contributed by atoms with van der Waals surface area (Å²) in [6.45, 7) is 5.69. The van der Waals surface area contributed by atoms with Gasteiger partial charge in [-0.05, 0) is 49.8 Å². The van der Waals surface area contributed by atoms with Gasteiger partial charge in [-0.1, -0.05) is 32.4 Å². The maximum Gasteiger partial charge on any atom is 0.191 e. The molecule has 0 bridgehead atoms. The molecule has 2 N–H and O–H groups in total. The zero-order chi connectivity index (χ0) is 19.5. The second kappa shape index (κ2) is 12.0. The van der Waals surface area contributed by atoms with E-state index in [0.717, 1.165) is 69.1 Å². The Morgan fingerprint density at radius 3 is 2.93 bits per heavy atom. The average Bonchev–Trinajstić information content (AvgIpc) is 2.71. The first-order chi connectivity index (χ1) is 13.2. The second-order valence-corrected chi connectivity index (χ2v) is 9.05. The van der Waals surface area contributed by atoms with Crippen LogP contribution in [0.1, 0.15) is 51.5 Å². The molecule has 0 aromatic heterocycles. The third-order valence-corrected chi connectivity index (χ3v) is 6.67. The van der Waals surface area contributed by atoms with E-state index in [1.54, 1.807) is 7.05 Å². The van der Waals surface area contributed by atoms with Gasteiger partial charge in [-0.15, -0.1) is 0 Å². The summed E-state index contributed by atoms with van der Waals surface area (Å²) in [4.78, 5) is 4.36. The van der Waals surface area contributed by atoms with Gasteiger partial charge >= 0.3 is 0 Å². The van der Waals surface area contributed by atoms with Crippen LogP contribution in [-0.2, 0) is 17.2 Å². The van der Waals surface area contributed by atoms with Crippen molar-refractivity contribution >= 4 is 16.8 Å². The van der Waals surface area contributed by atoms with E-state index in [1.165, 1.54) is 5.56 Å². The number of nitrogens with zero attached hydrogens (tertiary/aromatic N) is 1. The van der Waals surface area contributed by atoms with Crippen LogP contribution < -0.4 is 15.4 Å². The lowest BCUT2D eigenvalue weighted by Crippen LogP contribution is -2.47. The Morgan fingerprint density at radius 1 is 1.33 bits per heavy atom. The van der Waals surface area contributed by atoms with Gasteiger partial charge in [0.25, 0.3) is 0 Å². The zero-order valence-corrected chi connectivity index (χ0v) is 17.8. The van der Waals surface area contributed by atoms with Crippen molar-refractivity contribution in [3.63, 3.8) is 0 Å². The van der Waals surface area contributed by atoms with Crippen molar-refractivity contribution in [3.05, 3.63) is 29.8 Å². The normalized spacial score (nSPS) is 21.5. The molecule has 0 amide bonds. The lowest BCUT2D eigenvalue weighted by atomic mass is 9.95. The lowest BCUT2D eigenvalue weighted by Gasteiger charge is -2.30. The smallest absolute Gasteiger partial charge is 0.191 e. The number of hydrogen-bond acceptors (Lipinski definition) is 3. The highest BCUT2D eigenvalue weighted by atomic mass is 32.2. The molecule has 0 saturated heterocycles. The number of guanidine groups is 1. The molecular weight excluding hydrogens is 358 g/mol. The van der Waals surface area contributed by atoms with Crippen molar-refractivity contribution < 1.29 is 8.95 Å². The van der Waals surface area contributed by atoms with Crippen molar-refractivity contribution in [2.75, 3.05) is 26.0 Å². The first-order valence-electron chi connectivity index (χ1n) is 10.2. The number of nitrogens with one attached hydrogen (secondary N) is 2. The molecule has 0 heterocycles. The number of benzene rings is 1. The number of hydrogen-bond donors (Lipinski definition) is 2. The van der Waals surface area contributed by atoms with Gasteiger partial charge in [-0.3, -0.25) is 9.20 Å². The van der Waals surface area contributed by atoms with Crippen LogP contribution in [0.5, 0.6) is 5.75 Å². The Labute approximate surface area is 166 Å². The summed E-state index contributed by atoms with van der Waals surface area (Å²) >= 11 is 0. The Morgan fingerprint density at radius 2 is 2.19 bits per heavy atom. The molecule has 0 spiro atoms. The van der Waals surface area contributed by atoms with E-state index in [9.17, 15) is 4.21 Å². The van der Waals surface area contributed by atoms with Crippen LogP contribution >= 0.6 is 0 Å². The van der Waals surface area contributed by atoms with E-state index in [4.69, 9.17) is 4.74 Å². The molecule has 3 unspecified atom stereocenters. The summed E-state index contributed by atoms with van der Waals surface area (Å²) in [5.41, 5.74) is 1.25. The molecule has 27 heavy (non-hydrogen) atoms. The predicted molar refractivity (Wildman–Crippen MR) is 115 cm³/mol. The van der Waals surface area contributed by atoms with Gasteiger partial charge < -0.3 is 15.4 Å². The maximum absolute atomic E-state index is 12.1. The zero-order valence-electron chi connectivity index (χ0n) is 17.0. The molecule has 1 aromatic rings. The quantitative estimate of drug-likeness (QED) is 0.499. The van der Waals surface area contributed by atoms with E-state index in [2.05, 4.69) is 34.7 Å². The van der Waals surface area contributed by atoms with E-state index < -0.39 is 10.8 Å². The minimum absolute atomic E-state index is 0.324. The second-order valence-electron chi connectivity index (χ2n) is 7.04. The molecule has 1 aliphatic carbocycles. The molecule has 1 aliphatic rings. The third-order valence-electron chi connectivity index (χ3n) is 4.92. The topological polar surface area (TPSA) is 62.7 Å². The summed E-state index contributed by atoms with van der Waals surface area (Å²) in [6, 6.07) is 8.65. The minimum atomic E-state index is -0.698. The molecular formula is C21H35N3O2S. The summed E-state index contributed by atoms with van der Waals surface area (Å²) in [7, 11) is 1.11. The molecule has 5 nitrogen and oxygen atoms in total. The van der Waals surface area contributed by atoms with E-state index in [1.807, 2.05) is 19.1 Å². The van der Waals surface area contributed by atoms with Crippen molar-refractivity contribution in [2.24, 2.45) is 4.99 Å². The molecule has 0 aliphatic heterocycles. The van der Waals surface area contributed by atoms with Gasteiger partial charge in [0.15, 0.2) is 5.96 Å². The third kappa shape index (κ3) is 7.53. The first-order valence-corrected chi connectivity index (χ1v) is 11.6. The molecule has 0 radical (unpaired) electrons. The Hall–Kier alpha value is -1.56. The van der Waals surface area contributed by atoms with Crippen LogP contribution in [0, 0.1) is 0 Å². The van der Waals surface area contributed by atoms with Crippen molar-refractivity contribution in [2.45, 2.75) is 63.7 Å². The fourth-order valence-electron chi connectivity index (χ4n) is 3.47. The molecule has 1 saturated carbocycles. The van der Waals surface area contributed by atoms with Gasteiger partial charge in [0, 0.05) is 41.4 Å². The van der Waals surface area contributed by atoms with Crippen LogP contribution in [0.3, 0.4) is 0 Å².